The summed E-state index contributed by atoms with van der Waals surface area (Å²) in [6.45, 7) is 2.07. The van der Waals surface area contributed by atoms with E-state index in [4.69, 9.17) is 5.73 Å². The second-order valence-electron chi connectivity index (χ2n) is 3.90. The van der Waals surface area contributed by atoms with E-state index in [0.717, 1.165) is 16.1 Å². The van der Waals surface area contributed by atoms with E-state index in [0.29, 0.717) is 5.69 Å². The topological polar surface area (TPSA) is 51.8 Å². The van der Waals surface area contributed by atoms with E-state index in [1.54, 1.807) is 23.7 Å². The van der Waals surface area contributed by atoms with Crippen LogP contribution in [0.25, 0.3) is 20.8 Å². The minimum absolute atomic E-state index is 0.671. The average Bonchev–Trinajstić information content (AvgIpc) is 2.75. The van der Waals surface area contributed by atoms with Crippen LogP contribution in [0.3, 0.4) is 0 Å². The summed E-state index contributed by atoms with van der Waals surface area (Å²) in [5.74, 6) is 0. The Morgan fingerprint density at radius 1 is 1.24 bits per heavy atom. The van der Waals surface area contributed by atoms with Crippen molar-refractivity contribution in [1.82, 2.24) is 9.97 Å². The number of thiazole rings is 1. The summed E-state index contributed by atoms with van der Waals surface area (Å²) in [5.41, 5.74) is 9.80. The Balaban J connectivity index is 2.26. The van der Waals surface area contributed by atoms with Crippen molar-refractivity contribution in [1.29, 1.82) is 0 Å². The number of aryl methyl sites for hydroxylation is 1. The van der Waals surface area contributed by atoms with Crippen molar-refractivity contribution in [3.05, 3.63) is 42.2 Å². The second-order valence-corrected chi connectivity index (χ2v) is 4.93. The normalized spacial score (nSPS) is 10.9. The first-order valence-electron chi connectivity index (χ1n) is 5.32. The quantitative estimate of drug-likeness (QED) is 0.711. The van der Waals surface area contributed by atoms with Crippen molar-refractivity contribution in [2.24, 2.45) is 0 Å². The van der Waals surface area contributed by atoms with Crippen LogP contribution in [0.1, 0.15) is 5.56 Å². The molecule has 84 valence electrons. The molecule has 0 amide bonds. The summed E-state index contributed by atoms with van der Waals surface area (Å²) in [6, 6.07) is 8.11. The van der Waals surface area contributed by atoms with Crippen molar-refractivity contribution in [3.63, 3.8) is 0 Å². The fourth-order valence-corrected chi connectivity index (χ4v) is 2.89. The molecule has 4 heteroatoms. The number of pyridine rings is 1. The van der Waals surface area contributed by atoms with Crippen molar-refractivity contribution in [2.45, 2.75) is 6.92 Å². The third-order valence-corrected chi connectivity index (χ3v) is 3.76. The number of fused-ring (bicyclic) bond motifs is 1. The number of hydrogen-bond donors (Lipinski definition) is 1. The summed E-state index contributed by atoms with van der Waals surface area (Å²) in [7, 11) is 0. The van der Waals surface area contributed by atoms with Crippen LogP contribution < -0.4 is 5.73 Å². The Morgan fingerprint density at radius 3 is 2.88 bits per heavy atom. The van der Waals surface area contributed by atoms with Gasteiger partial charge in [-0.25, -0.2) is 4.98 Å². The third kappa shape index (κ3) is 1.66. The maximum atomic E-state index is 5.92. The van der Waals surface area contributed by atoms with Gasteiger partial charge in [-0.3, -0.25) is 4.98 Å². The van der Waals surface area contributed by atoms with Gasteiger partial charge in [0.25, 0.3) is 0 Å². The molecule has 3 nitrogen and oxygen atoms in total. The summed E-state index contributed by atoms with van der Waals surface area (Å²) >= 11 is 1.66. The highest BCUT2D eigenvalue weighted by atomic mass is 32.1. The standard InChI is InChI=1S/C13H11N3S/c1-8-3-2-4-11-12(8)16-13(17-11)9-5-6-15-7-10(9)14/h2-7H,14H2,1H3. The van der Waals surface area contributed by atoms with Gasteiger partial charge in [-0.05, 0) is 24.6 Å². The number of benzene rings is 1. The monoisotopic (exact) mass is 241 g/mol. The Kier molecular flexibility index (Phi) is 2.30. The number of hydrogen-bond acceptors (Lipinski definition) is 4. The minimum atomic E-state index is 0.671. The van der Waals surface area contributed by atoms with Crippen molar-refractivity contribution in [3.8, 4) is 10.6 Å². The SMILES string of the molecule is Cc1cccc2sc(-c3ccncc3N)nc12. The number of rotatable bonds is 1. The van der Waals surface area contributed by atoms with Crippen LogP contribution in [-0.2, 0) is 0 Å². The van der Waals surface area contributed by atoms with Crippen molar-refractivity contribution < 1.29 is 0 Å². The Hall–Kier alpha value is -1.94. The van der Waals surface area contributed by atoms with Crippen LogP contribution >= 0.6 is 11.3 Å². The van der Waals surface area contributed by atoms with E-state index in [-0.39, 0.29) is 0 Å². The van der Waals surface area contributed by atoms with E-state index >= 15 is 0 Å². The van der Waals surface area contributed by atoms with Gasteiger partial charge in [0.2, 0.25) is 0 Å². The first kappa shape index (κ1) is 10.2. The van der Waals surface area contributed by atoms with Gasteiger partial charge in [-0.1, -0.05) is 12.1 Å². The van der Waals surface area contributed by atoms with Crippen LogP contribution in [-0.4, -0.2) is 9.97 Å². The van der Waals surface area contributed by atoms with Crippen LogP contribution in [0.15, 0.2) is 36.7 Å². The molecule has 2 aromatic heterocycles. The van der Waals surface area contributed by atoms with Gasteiger partial charge in [0.15, 0.2) is 0 Å². The Morgan fingerprint density at radius 2 is 2.12 bits per heavy atom. The fraction of sp³-hybridized carbons (Fsp3) is 0.0769. The molecule has 0 saturated carbocycles. The van der Waals surface area contributed by atoms with Crippen LogP contribution in [0, 0.1) is 6.92 Å². The van der Waals surface area contributed by atoms with Gasteiger partial charge in [-0.2, -0.15) is 0 Å². The molecular formula is C13H11N3S. The molecule has 1 aromatic carbocycles. The molecule has 3 rings (SSSR count). The summed E-state index contributed by atoms with van der Waals surface area (Å²) in [4.78, 5) is 8.65. The lowest BCUT2D eigenvalue weighted by Crippen LogP contribution is -1.90. The molecule has 3 aromatic rings. The zero-order chi connectivity index (χ0) is 11.8. The van der Waals surface area contributed by atoms with E-state index in [2.05, 4.69) is 35.1 Å². The smallest absolute Gasteiger partial charge is 0.126 e. The average molecular weight is 241 g/mol. The molecule has 0 radical (unpaired) electrons. The Labute approximate surface area is 103 Å². The zero-order valence-electron chi connectivity index (χ0n) is 9.34. The number of para-hydroxylation sites is 1. The molecule has 17 heavy (non-hydrogen) atoms. The molecular weight excluding hydrogens is 230 g/mol. The molecule has 2 N–H and O–H groups in total. The number of nitrogens with two attached hydrogens (primary N) is 1. The highest BCUT2D eigenvalue weighted by molar-refractivity contribution is 7.21. The molecule has 0 fully saturated rings. The van der Waals surface area contributed by atoms with E-state index < -0.39 is 0 Å². The number of nitrogens with zero attached hydrogens (tertiary/aromatic N) is 2. The molecule has 0 bridgehead atoms. The fourth-order valence-electron chi connectivity index (χ4n) is 1.80. The van der Waals surface area contributed by atoms with Gasteiger partial charge < -0.3 is 5.73 Å². The van der Waals surface area contributed by atoms with Crippen molar-refractivity contribution >= 4 is 27.2 Å². The van der Waals surface area contributed by atoms with Crippen molar-refractivity contribution in [2.75, 3.05) is 5.73 Å². The zero-order valence-corrected chi connectivity index (χ0v) is 10.2. The van der Waals surface area contributed by atoms with Crippen LogP contribution in [0.5, 0.6) is 0 Å². The maximum absolute atomic E-state index is 5.92. The number of aromatic nitrogens is 2. The van der Waals surface area contributed by atoms with Gasteiger partial charge in [0.1, 0.15) is 5.01 Å². The molecule has 0 unspecified atom stereocenters. The van der Waals surface area contributed by atoms with Crippen LogP contribution in [0.4, 0.5) is 5.69 Å². The molecule has 0 spiro atoms. The minimum Gasteiger partial charge on any atom is -0.397 e. The summed E-state index contributed by atoms with van der Waals surface area (Å²) in [5, 5.41) is 0.953. The van der Waals surface area contributed by atoms with Gasteiger partial charge >= 0.3 is 0 Å². The first-order valence-corrected chi connectivity index (χ1v) is 6.13. The lowest BCUT2D eigenvalue weighted by Gasteiger charge is -1.98. The lowest BCUT2D eigenvalue weighted by atomic mass is 10.2. The Bertz CT molecular complexity index is 688. The van der Waals surface area contributed by atoms with Crippen LogP contribution in [0.2, 0.25) is 0 Å². The molecule has 0 aliphatic rings. The second kappa shape index (κ2) is 3.82. The lowest BCUT2D eigenvalue weighted by molar-refractivity contribution is 1.32. The predicted octanol–water partition coefficient (Wildman–Crippen LogP) is 3.25. The third-order valence-electron chi connectivity index (χ3n) is 2.70. The number of nitrogen functional groups attached to an aromatic ring is 1. The molecule has 0 aliphatic carbocycles. The first-order chi connectivity index (χ1) is 8.25. The van der Waals surface area contributed by atoms with Gasteiger partial charge in [-0.15, -0.1) is 11.3 Å². The molecule has 0 saturated heterocycles. The predicted molar refractivity (Wildman–Crippen MR) is 72.0 cm³/mol. The molecule has 2 heterocycles. The van der Waals surface area contributed by atoms with Gasteiger partial charge in [0.05, 0.1) is 22.1 Å². The largest absolute Gasteiger partial charge is 0.397 e. The summed E-state index contributed by atoms with van der Waals surface area (Å²) in [6.07, 6.45) is 3.40. The van der Waals surface area contributed by atoms with E-state index in [1.807, 2.05) is 6.07 Å². The van der Waals surface area contributed by atoms with E-state index in [1.165, 1.54) is 10.3 Å². The summed E-state index contributed by atoms with van der Waals surface area (Å²) < 4.78 is 1.19. The number of anilines is 1. The van der Waals surface area contributed by atoms with Gasteiger partial charge in [0, 0.05) is 11.8 Å². The highest BCUT2D eigenvalue weighted by Gasteiger charge is 2.09. The molecule has 0 atom stereocenters. The molecule has 0 aliphatic heterocycles. The maximum Gasteiger partial charge on any atom is 0.126 e. The van der Waals surface area contributed by atoms with E-state index in [9.17, 15) is 0 Å². The highest BCUT2D eigenvalue weighted by Crippen LogP contribution is 2.33.